The number of ether oxygens (including phenoxy) is 1. The highest BCUT2D eigenvalue weighted by Gasteiger charge is 2.39. The molecule has 128 valence electrons. The zero-order valence-electron chi connectivity index (χ0n) is 14.3. The number of amides is 1. The van der Waals surface area contributed by atoms with Crippen LogP contribution in [0.4, 0.5) is 4.79 Å². The van der Waals surface area contributed by atoms with Gasteiger partial charge in [0, 0.05) is 19.6 Å². The van der Waals surface area contributed by atoms with E-state index in [4.69, 9.17) is 4.74 Å². The summed E-state index contributed by atoms with van der Waals surface area (Å²) < 4.78 is 5.31. The largest absolute Gasteiger partial charge is 0.444 e. The van der Waals surface area contributed by atoms with Gasteiger partial charge < -0.3 is 20.1 Å². The number of nitrogens with zero attached hydrogens (tertiary/aromatic N) is 1. The average molecular weight is 320 g/mol. The second-order valence-corrected chi connectivity index (χ2v) is 7.33. The van der Waals surface area contributed by atoms with Gasteiger partial charge in [-0.25, -0.2) is 4.79 Å². The van der Waals surface area contributed by atoms with Crippen molar-refractivity contribution in [3.05, 3.63) is 35.9 Å². The Balaban J connectivity index is 1.86. The van der Waals surface area contributed by atoms with Crippen molar-refractivity contribution in [2.45, 2.75) is 44.8 Å². The molecule has 1 aromatic rings. The fourth-order valence-electron chi connectivity index (χ4n) is 2.87. The van der Waals surface area contributed by atoms with E-state index in [2.05, 4.69) is 22.3 Å². The van der Waals surface area contributed by atoms with E-state index in [0.29, 0.717) is 6.54 Å². The molecule has 1 heterocycles. The molecule has 0 unspecified atom stereocenters. The molecule has 5 nitrogen and oxygen atoms in total. The Labute approximate surface area is 138 Å². The van der Waals surface area contributed by atoms with Gasteiger partial charge in [0.1, 0.15) is 5.60 Å². The smallest absolute Gasteiger partial charge is 0.408 e. The van der Waals surface area contributed by atoms with Crippen molar-refractivity contribution in [1.82, 2.24) is 10.2 Å². The second-order valence-electron chi connectivity index (χ2n) is 7.33. The molecule has 2 N–H and O–H groups in total. The molecule has 0 aromatic heterocycles. The van der Waals surface area contributed by atoms with Crippen LogP contribution in [0.1, 0.15) is 32.8 Å². The Morgan fingerprint density at radius 3 is 2.65 bits per heavy atom. The molecule has 1 atom stereocenters. The van der Waals surface area contributed by atoms with Gasteiger partial charge in [-0.3, -0.25) is 0 Å². The fourth-order valence-corrected chi connectivity index (χ4v) is 2.87. The standard InChI is InChI=1S/C18H28N2O3/c1-17(2,3)23-16(22)19-18(14-21)10-12-20(13-18)11-9-15-7-5-4-6-8-15/h4-8,21H,9-14H2,1-3H3,(H,19,22)/t18-/m1/s1. The number of hydrogen-bond donors (Lipinski definition) is 2. The highest BCUT2D eigenvalue weighted by molar-refractivity contribution is 5.69. The third-order valence-corrected chi connectivity index (χ3v) is 4.06. The van der Waals surface area contributed by atoms with Crippen molar-refractivity contribution in [3.8, 4) is 0 Å². The number of carbonyl (C=O) groups excluding carboxylic acids is 1. The summed E-state index contributed by atoms with van der Waals surface area (Å²) in [5, 5.41) is 12.6. The molecule has 2 rings (SSSR count). The number of aliphatic hydroxyl groups is 1. The molecule has 1 aliphatic rings. The van der Waals surface area contributed by atoms with Crippen LogP contribution in [0.5, 0.6) is 0 Å². The fraction of sp³-hybridized carbons (Fsp3) is 0.611. The van der Waals surface area contributed by atoms with Gasteiger partial charge in [0.15, 0.2) is 0 Å². The van der Waals surface area contributed by atoms with Gasteiger partial charge in [-0.1, -0.05) is 30.3 Å². The zero-order valence-corrected chi connectivity index (χ0v) is 14.3. The van der Waals surface area contributed by atoms with Crippen LogP contribution >= 0.6 is 0 Å². The van der Waals surface area contributed by atoms with Gasteiger partial charge in [0.25, 0.3) is 0 Å². The summed E-state index contributed by atoms with van der Waals surface area (Å²) in [5.74, 6) is 0. The summed E-state index contributed by atoms with van der Waals surface area (Å²) in [7, 11) is 0. The van der Waals surface area contributed by atoms with E-state index < -0.39 is 17.2 Å². The highest BCUT2D eigenvalue weighted by atomic mass is 16.6. The number of carbonyl (C=O) groups is 1. The molecule has 0 radical (unpaired) electrons. The van der Waals surface area contributed by atoms with E-state index in [-0.39, 0.29) is 6.61 Å². The Hall–Kier alpha value is -1.59. The molecule has 0 bridgehead atoms. The first-order valence-corrected chi connectivity index (χ1v) is 8.20. The highest BCUT2D eigenvalue weighted by Crippen LogP contribution is 2.22. The lowest BCUT2D eigenvalue weighted by Gasteiger charge is -2.30. The molecule has 23 heavy (non-hydrogen) atoms. The van der Waals surface area contributed by atoms with Crippen LogP contribution in [0.3, 0.4) is 0 Å². The minimum absolute atomic E-state index is 0.0753. The zero-order chi connectivity index (χ0) is 16.9. The Kier molecular flexibility index (Phi) is 5.65. The van der Waals surface area contributed by atoms with Crippen molar-refractivity contribution in [2.75, 3.05) is 26.2 Å². The molecule has 1 aliphatic heterocycles. The first kappa shape index (κ1) is 17.8. The average Bonchev–Trinajstić information content (AvgIpc) is 2.88. The monoisotopic (exact) mass is 320 g/mol. The Bertz CT molecular complexity index is 513. The normalized spacial score (nSPS) is 22.1. The number of alkyl carbamates (subject to hydrolysis) is 1. The minimum Gasteiger partial charge on any atom is -0.444 e. The number of benzene rings is 1. The van der Waals surface area contributed by atoms with Gasteiger partial charge in [0.2, 0.25) is 0 Å². The van der Waals surface area contributed by atoms with Crippen LogP contribution in [0.15, 0.2) is 30.3 Å². The van der Waals surface area contributed by atoms with Crippen molar-refractivity contribution >= 4 is 6.09 Å². The SMILES string of the molecule is CC(C)(C)OC(=O)N[C@]1(CO)CCN(CCc2ccccc2)C1. The van der Waals surface area contributed by atoms with E-state index in [9.17, 15) is 9.90 Å². The van der Waals surface area contributed by atoms with E-state index in [0.717, 1.165) is 25.9 Å². The molecule has 0 aliphatic carbocycles. The van der Waals surface area contributed by atoms with Gasteiger partial charge >= 0.3 is 6.09 Å². The number of likely N-dealkylation sites (tertiary alicyclic amines) is 1. The number of hydrogen-bond acceptors (Lipinski definition) is 4. The van der Waals surface area contributed by atoms with Gasteiger partial charge in [-0.2, -0.15) is 0 Å². The first-order chi connectivity index (χ1) is 10.8. The molecule has 5 heteroatoms. The van der Waals surface area contributed by atoms with Gasteiger partial charge in [-0.15, -0.1) is 0 Å². The first-order valence-electron chi connectivity index (χ1n) is 8.20. The van der Waals surface area contributed by atoms with Crippen molar-refractivity contribution in [2.24, 2.45) is 0 Å². The van der Waals surface area contributed by atoms with Crippen LogP contribution in [-0.2, 0) is 11.2 Å². The van der Waals surface area contributed by atoms with Gasteiger partial charge in [-0.05, 0) is 39.2 Å². The molecule has 1 aromatic carbocycles. The molecular formula is C18H28N2O3. The molecule has 1 saturated heterocycles. The summed E-state index contributed by atoms with van der Waals surface area (Å²) in [4.78, 5) is 14.3. The van der Waals surface area contributed by atoms with E-state index in [1.54, 1.807) is 0 Å². The van der Waals surface area contributed by atoms with Gasteiger partial charge in [0.05, 0.1) is 12.1 Å². The lowest BCUT2D eigenvalue weighted by molar-refractivity contribution is 0.0405. The van der Waals surface area contributed by atoms with E-state index in [1.807, 2.05) is 39.0 Å². The second kappa shape index (κ2) is 7.32. The quantitative estimate of drug-likeness (QED) is 0.873. The summed E-state index contributed by atoms with van der Waals surface area (Å²) in [5.41, 5.74) is 0.167. The maximum Gasteiger partial charge on any atom is 0.408 e. The molecule has 0 saturated carbocycles. The summed E-state index contributed by atoms with van der Waals surface area (Å²) in [6.07, 6.45) is 1.24. The van der Waals surface area contributed by atoms with Crippen molar-refractivity contribution in [3.63, 3.8) is 0 Å². The lowest BCUT2D eigenvalue weighted by atomic mass is 10.0. The third-order valence-electron chi connectivity index (χ3n) is 4.06. The maximum absolute atomic E-state index is 12.0. The summed E-state index contributed by atoms with van der Waals surface area (Å²) in [6, 6.07) is 10.3. The molecule has 1 amide bonds. The maximum atomic E-state index is 12.0. The summed E-state index contributed by atoms with van der Waals surface area (Å²) in [6.45, 7) is 7.85. The van der Waals surface area contributed by atoms with Crippen molar-refractivity contribution < 1.29 is 14.6 Å². The number of nitrogens with one attached hydrogen (secondary N) is 1. The molecular weight excluding hydrogens is 292 g/mol. The Morgan fingerprint density at radius 1 is 1.35 bits per heavy atom. The van der Waals surface area contributed by atoms with E-state index >= 15 is 0 Å². The van der Waals surface area contributed by atoms with Crippen LogP contribution in [0, 0.1) is 0 Å². The molecule has 0 spiro atoms. The molecule has 1 fully saturated rings. The van der Waals surface area contributed by atoms with Crippen LogP contribution in [-0.4, -0.2) is 53.5 Å². The predicted molar refractivity (Wildman–Crippen MR) is 90.4 cm³/mol. The Morgan fingerprint density at radius 2 is 2.04 bits per heavy atom. The third kappa shape index (κ3) is 5.52. The lowest BCUT2D eigenvalue weighted by Crippen LogP contribution is -2.54. The van der Waals surface area contributed by atoms with Crippen molar-refractivity contribution in [1.29, 1.82) is 0 Å². The minimum atomic E-state index is -0.598. The van der Waals surface area contributed by atoms with Crippen LogP contribution in [0.2, 0.25) is 0 Å². The summed E-state index contributed by atoms with van der Waals surface area (Å²) >= 11 is 0. The van der Waals surface area contributed by atoms with Crippen LogP contribution < -0.4 is 5.32 Å². The number of aliphatic hydroxyl groups excluding tert-OH is 1. The van der Waals surface area contributed by atoms with Crippen LogP contribution in [0.25, 0.3) is 0 Å². The predicted octanol–water partition coefficient (Wildman–Crippen LogP) is 2.19. The topological polar surface area (TPSA) is 61.8 Å². The van der Waals surface area contributed by atoms with E-state index in [1.165, 1.54) is 5.56 Å². The number of rotatable bonds is 5.